The SMILES string of the molecule is CS(=O)(=O)Nc1ccc(CCOc2ccc(C=O)cc2)cc1. The van der Waals surface area contributed by atoms with E-state index in [1.54, 1.807) is 36.4 Å². The number of aldehydes is 1. The highest BCUT2D eigenvalue weighted by molar-refractivity contribution is 7.92. The van der Waals surface area contributed by atoms with Crippen molar-refractivity contribution in [1.29, 1.82) is 0 Å². The third-order valence-electron chi connectivity index (χ3n) is 2.93. The van der Waals surface area contributed by atoms with Crippen LogP contribution in [0, 0.1) is 0 Å². The van der Waals surface area contributed by atoms with Crippen molar-refractivity contribution >= 4 is 22.0 Å². The van der Waals surface area contributed by atoms with Crippen LogP contribution in [0.15, 0.2) is 48.5 Å². The van der Waals surface area contributed by atoms with Gasteiger partial charge in [0.1, 0.15) is 12.0 Å². The maximum absolute atomic E-state index is 11.1. The van der Waals surface area contributed by atoms with Gasteiger partial charge in [0.25, 0.3) is 0 Å². The fourth-order valence-corrected chi connectivity index (χ4v) is 2.45. The minimum Gasteiger partial charge on any atom is -0.493 e. The van der Waals surface area contributed by atoms with Crippen LogP contribution in [0.3, 0.4) is 0 Å². The minimum absolute atomic E-state index is 0.499. The Morgan fingerprint density at radius 1 is 1.05 bits per heavy atom. The first kappa shape index (κ1) is 16.0. The first-order valence-electron chi connectivity index (χ1n) is 6.71. The maximum Gasteiger partial charge on any atom is 0.229 e. The number of ether oxygens (including phenoxy) is 1. The lowest BCUT2D eigenvalue weighted by atomic mass is 10.1. The Morgan fingerprint density at radius 3 is 2.23 bits per heavy atom. The Balaban J connectivity index is 1.85. The number of benzene rings is 2. The van der Waals surface area contributed by atoms with Crippen molar-refractivity contribution in [1.82, 2.24) is 0 Å². The molecule has 0 aliphatic rings. The van der Waals surface area contributed by atoms with E-state index in [-0.39, 0.29) is 0 Å². The molecule has 0 fully saturated rings. The highest BCUT2D eigenvalue weighted by Crippen LogP contribution is 2.14. The van der Waals surface area contributed by atoms with Crippen LogP contribution in [-0.4, -0.2) is 27.6 Å². The molecule has 5 nitrogen and oxygen atoms in total. The summed E-state index contributed by atoms with van der Waals surface area (Å²) in [6.45, 7) is 0.499. The number of anilines is 1. The summed E-state index contributed by atoms with van der Waals surface area (Å²) in [7, 11) is -3.25. The fraction of sp³-hybridized carbons (Fsp3) is 0.188. The van der Waals surface area contributed by atoms with Gasteiger partial charge in [0.05, 0.1) is 12.9 Å². The third kappa shape index (κ3) is 5.21. The molecule has 22 heavy (non-hydrogen) atoms. The molecule has 0 atom stereocenters. The van der Waals surface area contributed by atoms with Crippen molar-refractivity contribution in [3.8, 4) is 5.75 Å². The number of hydrogen-bond donors (Lipinski definition) is 1. The summed E-state index contributed by atoms with van der Waals surface area (Å²) in [6.07, 6.45) is 2.61. The zero-order chi connectivity index (χ0) is 16.0. The van der Waals surface area contributed by atoms with Crippen molar-refractivity contribution in [2.45, 2.75) is 6.42 Å². The van der Waals surface area contributed by atoms with E-state index in [2.05, 4.69) is 4.72 Å². The smallest absolute Gasteiger partial charge is 0.229 e. The molecule has 0 saturated carbocycles. The number of carbonyl (C=O) groups excluding carboxylic acids is 1. The molecule has 6 heteroatoms. The second kappa shape index (κ2) is 7.09. The van der Waals surface area contributed by atoms with Crippen LogP contribution in [-0.2, 0) is 16.4 Å². The predicted octanol–water partition coefficient (Wildman–Crippen LogP) is 2.49. The van der Waals surface area contributed by atoms with Gasteiger partial charge < -0.3 is 4.74 Å². The third-order valence-corrected chi connectivity index (χ3v) is 3.54. The molecule has 0 unspecified atom stereocenters. The van der Waals surface area contributed by atoms with Gasteiger partial charge in [-0.05, 0) is 42.0 Å². The number of sulfonamides is 1. The molecule has 1 N–H and O–H groups in total. The second-order valence-corrected chi connectivity index (χ2v) is 6.60. The molecule has 0 radical (unpaired) electrons. The summed E-state index contributed by atoms with van der Waals surface area (Å²) in [5.41, 5.74) is 2.20. The zero-order valence-electron chi connectivity index (χ0n) is 12.2. The normalized spacial score (nSPS) is 11.0. The van der Waals surface area contributed by atoms with Crippen molar-refractivity contribution < 1.29 is 17.9 Å². The average molecular weight is 319 g/mol. The van der Waals surface area contributed by atoms with E-state index in [9.17, 15) is 13.2 Å². The number of hydrogen-bond acceptors (Lipinski definition) is 4. The molecule has 0 aromatic heterocycles. The molecule has 2 aromatic carbocycles. The van der Waals surface area contributed by atoms with Crippen LogP contribution in [0.1, 0.15) is 15.9 Å². The van der Waals surface area contributed by atoms with Crippen LogP contribution >= 0.6 is 0 Å². The highest BCUT2D eigenvalue weighted by atomic mass is 32.2. The number of carbonyl (C=O) groups is 1. The lowest BCUT2D eigenvalue weighted by molar-refractivity contribution is 0.112. The summed E-state index contributed by atoms with van der Waals surface area (Å²) < 4.78 is 30.2. The summed E-state index contributed by atoms with van der Waals surface area (Å²) in [5.74, 6) is 0.709. The Morgan fingerprint density at radius 2 is 1.68 bits per heavy atom. The maximum atomic E-state index is 11.1. The van der Waals surface area contributed by atoms with Gasteiger partial charge in [-0.2, -0.15) is 0 Å². The molecular formula is C16H17NO4S. The molecule has 0 amide bonds. The van der Waals surface area contributed by atoms with Gasteiger partial charge in [0.2, 0.25) is 10.0 Å². The van der Waals surface area contributed by atoms with E-state index in [1.807, 2.05) is 12.1 Å². The first-order chi connectivity index (χ1) is 10.5. The fourth-order valence-electron chi connectivity index (χ4n) is 1.88. The van der Waals surface area contributed by atoms with E-state index < -0.39 is 10.0 Å². The quantitative estimate of drug-likeness (QED) is 0.796. The molecule has 0 aliphatic carbocycles. The zero-order valence-corrected chi connectivity index (χ0v) is 13.0. The summed E-state index contributed by atoms with van der Waals surface area (Å²) in [4.78, 5) is 10.5. The lowest BCUT2D eigenvalue weighted by Crippen LogP contribution is -2.09. The van der Waals surface area contributed by atoms with Crippen LogP contribution < -0.4 is 9.46 Å². The van der Waals surface area contributed by atoms with Crippen molar-refractivity contribution in [3.63, 3.8) is 0 Å². The van der Waals surface area contributed by atoms with Crippen LogP contribution in [0.2, 0.25) is 0 Å². The van der Waals surface area contributed by atoms with Crippen molar-refractivity contribution in [2.24, 2.45) is 0 Å². The van der Waals surface area contributed by atoms with Gasteiger partial charge >= 0.3 is 0 Å². The number of nitrogens with one attached hydrogen (secondary N) is 1. The van der Waals surface area contributed by atoms with Crippen molar-refractivity contribution in [3.05, 3.63) is 59.7 Å². The monoisotopic (exact) mass is 319 g/mol. The first-order valence-corrected chi connectivity index (χ1v) is 8.60. The Labute approximate surface area is 130 Å². The minimum atomic E-state index is -3.25. The second-order valence-electron chi connectivity index (χ2n) is 4.86. The van der Waals surface area contributed by atoms with Crippen LogP contribution in [0.25, 0.3) is 0 Å². The van der Waals surface area contributed by atoms with E-state index in [0.717, 1.165) is 18.1 Å². The van der Waals surface area contributed by atoms with E-state index in [0.29, 0.717) is 30.0 Å². The number of rotatable bonds is 7. The lowest BCUT2D eigenvalue weighted by Gasteiger charge is -2.08. The van der Waals surface area contributed by atoms with Gasteiger partial charge in [-0.15, -0.1) is 0 Å². The van der Waals surface area contributed by atoms with E-state index in [4.69, 9.17) is 4.74 Å². The van der Waals surface area contributed by atoms with E-state index in [1.165, 1.54) is 0 Å². The topological polar surface area (TPSA) is 72.5 Å². The molecule has 0 aliphatic heterocycles. The van der Waals surface area contributed by atoms with Gasteiger partial charge in [0, 0.05) is 17.7 Å². The molecule has 2 aromatic rings. The van der Waals surface area contributed by atoms with Crippen LogP contribution in [0.4, 0.5) is 5.69 Å². The van der Waals surface area contributed by atoms with E-state index >= 15 is 0 Å². The molecular weight excluding hydrogens is 302 g/mol. The highest BCUT2D eigenvalue weighted by Gasteiger charge is 2.02. The summed E-state index contributed by atoms with van der Waals surface area (Å²) in [6, 6.07) is 14.1. The standard InChI is InChI=1S/C16H17NO4S/c1-22(19,20)17-15-6-2-13(3-7-15)10-11-21-16-8-4-14(12-18)5-9-16/h2-9,12,17H,10-11H2,1H3. The Kier molecular flexibility index (Phi) is 5.16. The molecule has 0 saturated heterocycles. The predicted molar refractivity (Wildman–Crippen MR) is 85.9 cm³/mol. The molecule has 116 valence electrons. The Hall–Kier alpha value is -2.34. The summed E-state index contributed by atoms with van der Waals surface area (Å²) in [5, 5.41) is 0. The van der Waals surface area contributed by atoms with Gasteiger partial charge in [0.15, 0.2) is 0 Å². The molecule has 2 rings (SSSR count). The van der Waals surface area contributed by atoms with Crippen LogP contribution in [0.5, 0.6) is 5.75 Å². The molecule has 0 spiro atoms. The Bertz CT molecular complexity index is 722. The van der Waals surface area contributed by atoms with Crippen molar-refractivity contribution in [2.75, 3.05) is 17.6 Å². The average Bonchev–Trinajstić information content (AvgIpc) is 2.48. The van der Waals surface area contributed by atoms with Gasteiger partial charge in [-0.3, -0.25) is 9.52 Å². The van der Waals surface area contributed by atoms with Gasteiger partial charge in [-0.1, -0.05) is 12.1 Å². The molecule has 0 bridgehead atoms. The van der Waals surface area contributed by atoms with Gasteiger partial charge in [-0.25, -0.2) is 8.42 Å². The summed E-state index contributed by atoms with van der Waals surface area (Å²) >= 11 is 0. The molecule has 0 heterocycles. The largest absolute Gasteiger partial charge is 0.493 e.